The van der Waals surface area contributed by atoms with Crippen LogP contribution in [0.4, 0.5) is 0 Å². The van der Waals surface area contributed by atoms with Crippen LogP contribution >= 0.6 is 15.9 Å². The van der Waals surface area contributed by atoms with Crippen LogP contribution in [-0.4, -0.2) is 22.7 Å². The first-order valence-electron chi connectivity index (χ1n) is 6.63. The van der Waals surface area contributed by atoms with Crippen molar-refractivity contribution in [1.82, 2.24) is 15.5 Å². The van der Waals surface area contributed by atoms with Gasteiger partial charge < -0.3 is 9.84 Å². The Balaban J connectivity index is 1.65. The summed E-state index contributed by atoms with van der Waals surface area (Å²) in [6, 6.07) is 8.54. The fraction of sp³-hybridized carbons (Fsp3) is 0.429. The van der Waals surface area contributed by atoms with E-state index < -0.39 is 0 Å². The molecule has 1 N–H and O–H groups in total. The Morgan fingerprint density at radius 1 is 1.42 bits per heavy atom. The van der Waals surface area contributed by atoms with Gasteiger partial charge in [0, 0.05) is 22.5 Å². The van der Waals surface area contributed by atoms with Gasteiger partial charge in [-0.1, -0.05) is 33.2 Å². The minimum Gasteiger partial charge on any atom is -0.339 e. The van der Waals surface area contributed by atoms with Crippen LogP contribution in [0.15, 0.2) is 33.3 Å². The van der Waals surface area contributed by atoms with Gasteiger partial charge in [0.15, 0.2) is 0 Å². The van der Waals surface area contributed by atoms with Crippen molar-refractivity contribution in [2.24, 2.45) is 0 Å². The van der Waals surface area contributed by atoms with Crippen LogP contribution in [0.3, 0.4) is 0 Å². The van der Waals surface area contributed by atoms with Gasteiger partial charge in [-0.05, 0) is 37.9 Å². The number of hydrogen-bond donors (Lipinski definition) is 1. The standard InChI is InChI=1S/C14H16BrN3O/c15-11-4-1-3-10(9-11)14-17-13(19-18-14)7-6-12-5-2-8-16-12/h1,3-4,9,12,16H,2,5-8H2. The summed E-state index contributed by atoms with van der Waals surface area (Å²) in [6.07, 6.45) is 4.45. The van der Waals surface area contributed by atoms with Gasteiger partial charge >= 0.3 is 0 Å². The molecule has 1 fully saturated rings. The smallest absolute Gasteiger partial charge is 0.227 e. The Morgan fingerprint density at radius 3 is 3.16 bits per heavy atom. The lowest BCUT2D eigenvalue weighted by molar-refractivity contribution is 0.369. The maximum Gasteiger partial charge on any atom is 0.227 e. The number of rotatable bonds is 4. The van der Waals surface area contributed by atoms with Gasteiger partial charge in [-0.2, -0.15) is 4.98 Å². The second-order valence-corrected chi connectivity index (χ2v) is 5.77. The molecule has 1 aliphatic rings. The van der Waals surface area contributed by atoms with Crippen LogP contribution in [0.25, 0.3) is 11.4 Å². The lowest BCUT2D eigenvalue weighted by Gasteiger charge is -2.06. The van der Waals surface area contributed by atoms with Gasteiger partial charge in [-0.25, -0.2) is 0 Å². The molecule has 2 aromatic rings. The number of nitrogens with one attached hydrogen (secondary N) is 1. The fourth-order valence-corrected chi connectivity index (χ4v) is 2.80. The molecule has 1 unspecified atom stereocenters. The van der Waals surface area contributed by atoms with Crippen LogP contribution < -0.4 is 5.32 Å². The average Bonchev–Trinajstić information content (AvgIpc) is 3.08. The highest BCUT2D eigenvalue weighted by Crippen LogP contribution is 2.21. The molecule has 1 aliphatic heterocycles. The molecule has 2 heterocycles. The van der Waals surface area contributed by atoms with E-state index in [9.17, 15) is 0 Å². The van der Waals surface area contributed by atoms with Gasteiger partial charge in [0.25, 0.3) is 0 Å². The summed E-state index contributed by atoms with van der Waals surface area (Å²) in [7, 11) is 0. The van der Waals surface area contributed by atoms with Gasteiger partial charge in [-0.15, -0.1) is 0 Å². The van der Waals surface area contributed by atoms with E-state index in [4.69, 9.17) is 4.52 Å². The third-order valence-corrected chi connectivity index (χ3v) is 3.91. The Labute approximate surface area is 120 Å². The number of aryl methyl sites for hydroxylation is 1. The minimum atomic E-state index is 0.612. The topological polar surface area (TPSA) is 51.0 Å². The molecule has 19 heavy (non-hydrogen) atoms. The van der Waals surface area contributed by atoms with Crippen molar-refractivity contribution in [3.05, 3.63) is 34.6 Å². The van der Waals surface area contributed by atoms with E-state index in [1.807, 2.05) is 24.3 Å². The summed E-state index contributed by atoms with van der Waals surface area (Å²) in [4.78, 5) is 4.46. The lowest BCUT2D eigenvalue weighted by atomic mass is 10.1. The summed E-state index contributed by atoms with van der Waals surface area (Å²) < 4.78 is 6.33. The van der Waals surface area contributed by atoms with Crippen LogP contribution in [0, 0.1) is 0 Å². The Hall–Kier alpha value is -1.20. The summed E-state index contributed by atoms with van der Waals surface area (Å²) in [5.74, 6) is 1.39. The number of aromatic nitrogens is 2. The minimum absolute atomic E-state index is 0.612. The van der Waals surface area contributed by atoms with Crippen molar-refractivity contribution in [3.8, 4) is 11.4 Å². The molecule has 0 bridgehead atoms. The third kappa shape index (κ3) is 3.22. The van der Waals surface area contributed by atoms with Gasteiger partial charge in [-0.3, -0.25) is 0 Å². The van der Waals surface area contributed by atoms with E-state index in [1.54, 1.807) is 0 Å². The zero-order valence-electron chi connectivity index (χ0n) is 10.6. The van der Waals surface area contributed by atoms with Crippen molar-refractivity contribution >= 4 is 15.9 Å². The molecule has 1 atom stereocenters. The van der Waals surface area contributed by atoms with E-state index in [0.717, 1.165) is 35.3 Å². The summed E-state index contributed by atoms with van der Waals surface area (Å²) >= 11 is 3.45. The molecule has 3 rings (SSSR count). The van der Waals surface area contributed by atoms with Gasteiger partial charge in [0.2, 0.25) is 11.7 Å². The number of hydrogen-bond acceptors (Lipinski definition) is 4. The second kappa shape index (κ2) is 5.84. The van der Waals surface area contributed by atoms with Crippen LogP contribution in [0.2, 0.25) is 0 Å². The van der Waals surface area contributed by atoms with Crippen molar-refractivity contribution in [2.45, 2.75) is 31.7 Å². The predicted octanol–water partition coefficient (Wildman–Crippen LogP) is 3.18. The highest BCUT2D eigenvalue weighted by molar-refractivity contribution is 9.10. The summed E-state index contributed by atoms with van der Waals surface area (Å²) in [5.41, 5.74) is 0.975. The molecular weight excluding hydrogens is 306 g/mol. The van der Waals surface area contributed by atoms with E-state index in [1.165, 1.54) is 12.8 Å². The molecule has 0 spiro atoms. The van der Waals surface area contributed by atoms with Gasteiger partial charge in [0.1, 0.15) is 0 Å². The quantitative estimate of drug-likeness (QED) is 0.939. The maximum atomic E-state index is 5.31. The lowest BCUT2D eigenvalue weighted by Crippen LogP contribution is -2.21. The molecule has 100 valence electrons. The molecule has 1 aromatic heterocycles. The Kier molecular flexibility index (Phi) is 3.94. The number of halogens is 1. The molecule has 0 radical (unpaired) electrons. The molecule has 5 heteroatoms. The molecule has 4 nitrogen and oxygen atoms in total. The first kappa shape index (κ1) is 12.8. The molecular formula is C14H16BrN3O. The van der Waals surface area contributed by atoms with Crippen LogP contribution in [0.5, 0.6) is 0 Å². The third-order valence-electron chi connectivity index (χ3n) is 3.42. The van der Waals surface area contributed by atoms with Crippen molar-refractivity contribution in [2.75, 3.05) is 6.54 Å². The zero-order chi connectivity index (χ0) is 13.1. The van der Waals surface area contributed by atoms with E-state index in [2.05, 4.69) is 31.4 Å². The zero-order valence-corrected chi connectivity index (χ0v) is 12.2. The second-order valence-electron chi connectivity index (χ2n) is 4.85. The maximum absolute atomic E-state index is 5.31. The molecule has 1 aromatic carbocycles. The van der Waals surface area contributed by atoms with Crippen LogP contribution in [0.1, 0.15) is 25.2 Å². The van der Waals surface area contributed by atoms with E-state index in [0.29, 0.717) is 11.9 Å². The SMILES string of the molecule is Brc1cccc(-c2noc(CCC3CCCN3)n2)c1. The normalized spacial score (nSPS) is 18.9. The number of benzene rings is 1. The summed E-state index contributed by atoms with van der Waals surface area (Å²) in [6.45, 7) is 1.14. The number of nitrogens with zero attached hydrogens (tertiary/aromatic N) is 2. The van der Waals surface area contributed by atoms with Gasteiger partial charge in [0.05, 0.1) is 0 Å². The van der Waals surface area contributed by atoms with Crippen molar-refractivity contribution in [1.29, 1.82) is 0 Å². The van der Waals surface area contributed by atoms with Crippen molar-refractivity contribution in [3.63, 3.8) is 0 Å². The molecule has 0 amide bonds. The fourth-order valence-electron chi connectivity index (χ4n) is 2.40. The summed E-state index contributed by atoms with van der Waals surface area (Å²) in [5, 5.41) is 7.52. The Morgan fingerprint density at radius 2 is 2.37 bits per heavy atom. The molecule has 0 aliphatic carbocycles. The highest BCUT2D eigenvalue weighted by atomic mass is 79.9. The molecule has 1 saturated heterocycles. The van der Waals surface area contributed by atoms with Crippen molar-refractivity contribution < 1.29 is 4.52 Å². The first-order chi connectivity index (χ1) is 9.31. The monoisotopic (exact) mass is 321 g/mol. The Bertz CT molecular complexity index is 549. The van der Waals surface area contributed by atoms with E-state index in [-0.39, 0.29) is 0 Å². The largest absolute Gasteiger partial charge is 0.339 e. The van der Waals surface area contributed by atoms with E-state index >= 15 is 0 Å². The van der Waals surface area contributed by atoms with Crippen LogP contribution in [-0.2, 0) is 6.42 Å². The first-order valence-corrected chi connectivity index (χ1v) is 7.42. The molecule has 0 saturated carbocycles. The predicted molar refractivity (Wildman–Crippen MR) is 76.8 cm³/mol. The highest BCUT2D eigenvalue weighted by Gasteiger charge is 2.16. The average molecular weight is 322 g/mol.